The molecule has 0 heterocycles. The highest BCUT2D eigenvalue weighted by molar-refractivity contribution is 5.94. The van der Waals surface area contributed by atoms with Crippen LogP contribution in [0.25, 0.3) is 0 Å². The smallest absolute Gasteiger partial charge is 0.339 e. The Morgan fingerprint density at radius 1 is 1.44 bits per heavy atom. The van der Waals surface area contributed by atoms with Gasteiger partial charge in [0.25, 0.3) is 0 Å². The van der Waals surface area contributed by atoms with Gasteiger partial charge in [-0.2, -0.15) is 0 Å². The molecule has 25 heavy (non-hydrogen) atoms. The first-order valence-corrected chi connectivity index (χ1v) is 8.83. The Labute approximate surface area is 148 Å². The van der Waals surface area contributed by atoms with Crippen molar-refractivity contribution >= 4 is 12.3 Å². The molecule has 0 aromatic heterocycles. The molecule has 0 spiro atoms. The van der Waals surface area contributed by atoms with E-state index in [-0.39, 0.29) is 23.3 Å². The van der Waals surface area contributed by atoms with Crippen LogP contribution in [0.2, 0.25) is 0 Å². The molecule has 0 saturated carbocycles. The Hall–Kier alpha value is -2.30. The van der Waals surface area contributed by atoms with E-state index in [4.69, 9.17) is 4.74 Å². The average Bonchev–Trinajstić information content (AvgIpc) is 2.54. The van der Waals surface area contributed by atoms with Gasteiger partial charge in [-0.15, -0.1) is 0 Å². The molecule has 0 amide bonds. The molecule has 1 aromatic carbocycles. The second kappa shape index (κ2) is 8.19. The maximum atomic E-state index is 11.7. The number of carbonyl (C=O) groups is 2. The van der Waals surface area contributed by atoms with Gasteiger partial charge in [0.15, 0.2) is 0 Å². The molecule has 1 atom stereocenters. The molecule has 2 rings (SSSR count). The van der Waals surface area contributed by atoms with E-state index < -0.39 is 5.97 Å². The van der Waals surface area contributed by atoms with Crippen molar-refractivity contribution in [1.29, 1.82) is 0 Å². The first kappa shape index (κ1) is 19.0. The van der Waals surface area contributed by atoms with Crippen LogP contribution < -0.4 is 4.74 Å². The zero-order valence-electron chi connectivity index (χ0n) is 15.0. The molecule has 1 aliphatic carbocycles. The van der Waals surface area contributed by atoms with Gasteiger partial charge in [0.2, 0.25) is 0 Å². The van der Waals surface area contributed by atoms with Gasteiger partial charge in [0, 0.05) is 11.5 Å². The summed E-state index contributed by atoms with van der Waals surface area (Å²) in [5.74, 6) is -1.10. The number of benzene rings is 1. The number of rotatable bonds is 7. The number of allylic oxidation sites excluding steroid dienone is 2. The van der Waals surface area contributed by atoms with Crippen LogP contribution in [0.1, 0.15) is 73.9 Å². The fraction of sp³-hybridized carbons (Fsp3) is 0.500. The maximum Gasteiger partial charge on any atom is 0.339 e. The third-order valence-electron chi connectivity index (χ3n) is 4.40. The Balaban J connectivity index is 2.68. The first-order chi connectivity index (χ1) is 11.9. The predicted molar refractivity (Wildman–Crippen MR) is 95.6 cm³/mol. The van der Waals surface area contributed by atoms with E-state index >= 15 is 0 Å². The molecular weight excluding hydrogens is 320 g/mol. The van der Waals surface area contributed by atoms with Gasteiger partial charge >= 0.3 is 5.97 Å². The first-order valence-electron chi connectivity index (χ1n) is 8.83. The highest BCUT2D eigenvalue weighted by atomic mass is 16.5. The molecule has 1 unspecified atom stereocenters. The molecule has 0 radical (unpaired) electrons. The predicted octanol–water partition coefficient (Wildman–Crippen LogP) is 4.22. The van der Waals surface area contributed by atoms with E-state index in [0.717, 1.165) is 25.5 Å². The van der Waals surface area contributed by atoms with Gasteiger partial charge in [-0.1, -0.05) is 19.4 Å². The summed E-state index contributed by atoms with van der Waals surface area (Å²) in [5.41, 5.74) is 1.67. The number of hydrogen-bond donors (Lipinski definition) is 2. The van der Waals surface area contributed by atoms with Crippen molar-refractivity contribution in [2.75, 3.05) is 0 Å². The van der Waals surface area contributed by atoms with Crippen LogP contribution in [0.3, 0.4) is 0 Å². The lowest BCUT2D eigenvalue weighted by Gasteiger charge is -2.25. The van der Waals surface area contributed by atoms with Crippen LogP contribution in [0, 0.1) is 0 Å². The molecule has 0 fully saturated rings. The van der Waals surface area contributed by atoms with Gasteiger partial charge in [-0.25, -0.2) is 4.79 Å². The SMILES string of the molecule is CCCc1cc(OC(C)C)c(C2C=C(C=O)CCC2)c(O)c1C(=O)O. The lowest BCUT2D eigenvalue weighted by atomic mass is 9.83. The van der Waals surface area contributed by atoms with Crippen LogP contribution in [0.15, 0.2) is 17.7 Å². The van der Waals surface area contributed by atoms with Gasteiger partial charge < -0.3 is 14.9 Å². The molecule has 0 bridgehead atoms. The van der Waals surface area contributed by atoms with E-state index in [0.29, 0.717) is 35.3 Å². The number of hydrogen-bond acceptors (Lipinski definition) is 4. The van der Waals surface area contributed by atoms with Crippen molar-refractivity contribution in [3.05, 3.63) is 34.4 Å². The Morgan fingerprint density at radius 3 is 2.72 bits per heavy atom. The lowest BCUT2D eigenvalue weighted by molar-refractivity contribution is -0.105. The summed E-state index contributed by atoms with van der Waals surface area (Å²) in [6, 6.07) is 1.74. The van der Waals surface area contributed by atoms with Crippen molar-refractivity contribution in [3.63, 3.8) is 0 Å². The zero-order chi connectivity index (χ0) is 18.6. The Kier molecular flexibility index (Phi) is 6.23. The fourth-order valence-electron chi connectivity index (χ4n) is 3.40. The number of phenols is 1. The fourth-order valence-corrected chi connectivity index (χ4v) is 3.40. The van der Waals surface area contributed by atoms with Gasteiger partial charge in [-0.3, -0.25) is 4.79 Å². The quantitative estimate of drug-likeness (QED) is 0.722. The highest BCUT2D eigenvalue weighted by Crippen LogP contribution is 2.44. The van der Waals surface area contributed by atoms with E-state index in [2.05, 4.69) is 0 Å². The van der Waals surface area contributed by atoms with Crippen molar-refractivity contribution < 1.29 is 24.5 Å². The number of ether oxygens (including phenoxy) is 1. The largest absolute Gasteiger partial charge is 0.507 e. The topological polar surface area (TPSA) is 83.8 Å². The summed E-state index contributed by atoms with van der Waals surface area (Å²) in [6.45, 7) is 5.73. The summed E-state index contributed by atoms with van der Waals surface area (Å²) < 4.78 is 5.90. The van der Waals surface area contributed by atoms with E-state index in [1.807, 2.05) is 26.8 Å². The normalized spacial score (nSPS) is 17.3. The summed E-state index contributed by atoms with van der Waals surface area (Å²) in [6.07, 6.45) is 6.12. The number of aromatic hydroxyl groups is 1. The number of carbonyl (C=O) groups excluding carboxylic acids is 1. The Bertz CT molecular complexity index is 688. The van der Waals surface area contributed by atoms with Crippen molar-refractivity contribution in [1.82, 2.24) is 0 Å². The molecule has 136 valence electrons. The average molecular weight is 346 g/mol. The lowest BCUT2D eigenvalue weighted by Crippen LogP contribution is -2.14. The molecule has 2 N–H and O–H groups in total. The monoisotopic (exact) mass is 346 g/mol. The number of aldehydes is 1. The van der Waals surface area contributed by atoms with E-state index in [1.54, 1.807) is 6.07 Å². The number of aryl methyl sites for hydroxylation is 1. The van der Waals surface area contributed by atoms with E-state index in [9.17, 15) is 19.8 Å². The number of carboxylic acids is 1. The van der Waals surface area contributed by atoms with Crippen molar-refractivity contribution in [2.24, 2.45) is 0 Å². The van der Waals surface area contributed by atoms with Crippen LogP contribution in [-0.4, -0.2) is 28.6 Å². The van der Waals surface area contributed by atoms with Crippen LogP contribution in [0.4, 0.5) is 0 Å². The van der Waals surface area contributed by atoms with Crippen LogP contribution in [-0.2, 0) is 11.2 Å². The minimum Gasteiger partial charge on any atom is -0.507 e. The zero-order valence-corrected chi connectivity index (χ0v) is 15.0. The van der Waals surface area contributed by atoms with Crippen LogP contribution in [0.5, 0.6) is 11.5 Å². The molecule has 1 aromatic rings. The third-order valence-corrected chi connectivity index (χ3v) is 4.40. The minimum absolute atomic E-state index is 0.0559. The second-order valence-electron chi connectivity index (χ2n) is 6.75. The maximum absolute atomic E-state index is 11.7. The van der Waals surface area contributed by atoms with Crippen molar-refractivity contribution in [3.8, 4) is 11.5 Å². The van der Waals surface area contributed by atoms with Gasteiger partial charge in [0.05, 0.1) is 6.10 Å². The van der Waals surface area contributed by atoms with Gasteiger partial charge in [0.1, 0.15) is 23.3 Å². The van der Waals surface area contributed by atoms with Crippen LogP contribution >= 0.6 is 0 Å². The Morgan fingerprint density at radius 2 is 2.16 bits per heavy atom. The van der Waals surface area contributed by atoms with Crippen molar-refractivity contribution in [2.45, 2.75) is 64.9 Å². The summed E-state index contributed by atoms with van der Waals surface area (Å²) in [7, 11) is 0. The minimum atomic E-state index is -1.14. The molecule has 0 aliphatic heterocycles. The molecule has 5 heteroatoms. The summed E-state index contributed by atoms with van der Waals surface area (Å²) in [4.78, 5) is 22.9. The summed E-state index contributed by atoms with van der Waals surface area (Å²) in [5, 5.41) is 20.4. The van der Waals surface area contributed by atoms with Gasteiger partial charge in [-0.05, 0) is 56.7 Å². The number of carboxylic acid groups (broad SMARTS) is 1. The third kappa shape index (κ3) is 4.21. The van der Waals surface area contributed by atoms with E-state index in [1.165, 1.54) is 0 Å². The highest BCUT2D eigenvalue weighted by Gasteiger charge is 2.28. The summed E-state index contributed by atoms with van der Waals surface area (Å²) >= 11 is 0. The molecule has 5 nitrogen and oxygen atoms in total. The molecular formula is C20H26O5. The molecule has 1 aliphatic rings. The number of aromatic carboxylic acids is 1. The standard InChI is InChI=1S/C20H26O5/c1-4-6-14-10-16(25-12(2)3)17(19(22)18(14)20(23)24)15-8-5-7-13(9-15)11-21/h9-12,15,22H,4-8H2,1-3H3,(H,23,24). The molecule has 0 saturated heterocycles. The second-order valence-corrected chi connectivity index (χ2v) is 6.75.